The molecule has 4 rings (SSSR count). The highest BCUT2D eigenvalue weighted by Crippen LogP contribution is 2.65. The van der Waals surface area contributed by atoms with Gasteiger partial charge in [0.25, 0.3) is 0 Å². The van der Waals surface area contributed by atoms with Crippen LogP contribution in [0, 0.1) is 16.7 Å². The van der Waals surface area contributed by atoms with Gasteiger partial charge in [0.15, 0.2) is 0 Å². The van der Waals surface area contributed by atoms with Crippen LogP contribution in [-0.4, -0.2) is 6.04 Å². The summed E-state index contributed by atoms with van der Waals surface area (Å²) in [6.45, 7) is 8.47. The van der Waals surface area contributed by atoms with Gasteiger partial charge >= 0.3 is 0 Å². The summed E-state index contributed by atoms with van der Waals surface area (Å²) in [6.07, 6.45) is 4.16. The summed E-state index contributed by atoms with van der Waals surface area (Å²) in [4.78, 5) is 0. The number of hydrogen-bond donors (Lipinski definition) is 1. The fraction of sp³-hybridized carbons (Fsp3) is 0.478. The van der Waals surface area contributed by atoms with Crippen molar-refractivity contribution in [1.82, 2.24) is 5.32 Å². The van der Waals surface area contributed by atoms with Gasteiger partial charge in [0.05, 0.1) is 0 Å². The van der Waals surface area contributed by atoms with Crippen molar-refractivity contribution in [3.05, 3.63) is 60.2 Å². The molecule has 2 aliphatic rings. The van der Waals surface area contributed by atoms with Gasteiger partial charge in [-0.3, -0.25) is 0 Å². The largest absolute Gasteiger partial charge is 0.309 e. The first-order chi connectivity index (χ1) is 11.5. The molecule has 2 saturated carbocycles. The van der Waals surface area contributed by atoms with E-state index in [1.54, 1.807) is 0 Å². The number of fused-ring (bicyclic) bond motifs is 2. The van der Waals surface area contributed by atoms with Crippen LogP contribution in [0.3, 0.4) is 0 Å². The monoisotopic (exact) mass is 355 g/mol. The first-order valence-corrected chi connectivity index (χ1v) is 9.38. The third kappa shape index (κ3) is 3.02. The van der Waals surface area contributed by atoms with E-state index in [0.29, 0.717) is 16.9 Å². The predicted octanol–water partition coefficient (Wildman–Crippen LogP) is 6.08. The van der Waals surface area contributed by atoms with Gasteiger partial charge in [0.2, 0.25) is 0 Å². The van der Waals surface area contributed by atoms with Crippen molar-refractivity contribution in [2.45, 2.75) is 52.6 Å². The highest BCUT2D eigenvalue weighted by atomic mass is 35.5. The lowest BCUT2D eigenvalue weighted by Gasteiger charge is -2.39. The Labute approximate surface area is 158 Å². The average molecular weight is 356 g/mol. The topological polar surface area (TPSA) is 12.0 Å². The minimum Gasteiger partial charge on any atom is -0.309 e. The van der Waals surface area contributed by atoms with Gasteiger partial charge in [-0.1, -0.05) is 75.4 Å². The van der Waals surface area contributed by atoms with Crippen molar-refractivity contribution in [3.63, 3.8) is 0 Å². The first-order valence-electron chi connectivity index (χ1n) is 9.38. The van der Waals surface area contributed by atoms with Gasteiger partial charge < -0.3 is 5.32 Å². The molecule has 0 aromatic heterocycles. The smallest absolute Gasteiger partial charge is 0.0208 e. The second-order valence-corrected chi connectivity index (χ2v) is 8.61. The van der Waals surface area contributed by atoms with E-state index in [0.717, 1.165) is 12.5 Å². The Morgan fingerprint density at radius 2 is 1.56 bits per heavy atom. The third-order valence-corrected chi connectivity index (χ3v) is 7.41. The molecule has 2 bridgehead atoms. The van der Waals surface area contributed by atoms with Crippen molar-refractivity contribution < 1.29 is 0 Å². The maximum atomic E-state index is 3.88. The van der Waals surface area contributed by atoms with Crippen LogP contribution in [0.2, 0.25) is 0 Å². The molecular weight excluding hydrogens is 326 g/mol. The van der Waals surface area contributed by atoms with Crippen molar-refractivity contribution >= 4 is 12.4 Å². The molecule has 2 fully saturated rings. The Morgan fingerprint density at radius 1 is 0.920 bits per heavy atom. The summed E-state index contributed by atoms with van der Waals surface area (Å²) >= 11 is 0. The van der Waals surface area contributed by atoms with E-state index < -0.39 is 0 Å². The summed E-state index contributed by atoms with van der Waals surface area (Å²) in [6, 6.07) is 20.3. The van der Waals surface area contributed by atoms with E-state index in [1.807, 2.05) is 0 Å². The number of rotatable bonds is 4. The first kappa shape index (κ1) is 18.5. The molecule has 0 spiro atoms. The van der Waals surface area contributed by atoms with Crippen LogP contribution in [0.25, 0.3) is 11.1 Å². The van der Waals surface area contributed by atoms with Gasteiger partial charge in [0.1, 0.15) is 0 Å². The maximum Gasteiger partial charge on any atom is 0.0208 e. The summed E-state index contributed by atoms with van der Waals surface area (Å²) in [7, 11) is 0. The van der Waals surface area contributed by atoms with Crippen LogP contribution < -0.4 is 5.32 Å². The van der Waals surface area contributed by atoms with Gasteiger partial charge in [0, 0.05) is 12.6 Å². The van der Waals surface area contributed by atoms with Crippen LogP contribution >= 0.6 is 12.4 Å². The lowest BCUT2D eigenvalue weighted by Crippen LogP contribution is -2.44. The number of hydrogen-bond acceptors (Lipinski definition) is 1. The lowest BCUT2D eigenvalue weighted by atomic mass is 9.69. The zero-order valence-electron chi connectivity index (χ0n) is 15.6. The summed E-state index contributed by atoms with van der Waals surface area (Å²) in [5.41, 5.74) is 4.93. The molecule has 0 aliphatic heterocycles. The Balaban J connectivity index is 0.00000182. The van der Waals surface area contributed by atoms with E-state index in [9.17, 15) is 0 Å². The van der Waals surface area contributed by atoms with Crippen molar-refractivity contribution in [2.75, 3.05) is 0 Å². The van der Waals surface area contributed by atoms with Crippen molar-refractivity contribution in [3.8, 4) is 11.1 Å². The molecule has 0 radical (unpaired) electrons. The zero-order valence-corrected chi connectivity index (χ0v) is 16.4. The fourth-order valence-electron chi connectivity index (χ4n) is 5.20. The Bertz CT molecular complexity index is 707. The van der Waals surface area contributed by atoms with Crippen LogP contribution in [0.4, 0.5) is 0 Å². The number of nitrogens with one attached hydrogen (secondary N) is 1. The van der Waals surface area contributed by atoms with Gasteiger partial charge in [-0.25, -0.2) is 0 Å². The SMILES string of the molecule is CC1(C)[C@H]2CC[C@]1(C)[C@H](NCc1ccc(-c3ccccc3)cc1)C2.Cl. The van der Waals surface area contributed by atoms with Crippen LogP contribution in [0.15, 0.2) is 54.6 Å². The van der Waals surface area contributed by atoms with Crippen molar-refractivity contribution in [2.24, 2.45) is 16.7 Å². The molecule has 1 N–H and O–H groups in total. The Morgan fingerprint density at radius 3 is 2.12 bits per heavy atom. The van der Waals surface area contributed by atoms with Crippen LogP contribution in [-0.2, 0) is 6.54 Å². The molecule has 2 aromatic carbocycles. The second-order valence-electron chi connectivity index (χ2n) is 8.61. The van der Waals surface area contributed by atoms with Gasteiger partial charge in [-0.05, 0) is 52.7 Å². The van der Waals surface area contributed by atoms with E-state index >= 15 is 0 Å². The average Bonchev–Trinajstić information content (AvgIpc) is 2.94. The molecule has 0 heterocycles. The van der Waals surface area contributed by atoms with Gasteiger partial charge in [-0.2, -0.15) is 0 Å². The molecule has 2 aromatic rings. The van der Waals surface area contributed by atoms with Crippen molar-refractivity contribution in [1.29, 1.82) is 0 Å². The molecule has 0 unspecified atom stereocenters. The highest BCUT2D eigenvalue weighted by Gasteiger charge is 2.60. The molecule has 2 heteroatoms. The fourth-order valence-corrected chi connectivity index (χ4v) is 5.20. The van der Waals surface area contributed by atoms with Gasteiger partial charge in [-0.15, -0.1) is 12.4 Å². The lowest BCUT2D eigenvalue weighted by molar-refractivity contribution is 0.120. The van der Waals surface area contributed by atoms with E-state index in [4.69, 9.17) is 0 Å². The van der Waals surface area contributed by atoms with Crippen LogP contribution in [0.1, 0.15) is 45.6 Å². The third-order valence-electron chi connectivity index (χ3n) is 7.41. The summed E-state index contributed by atoms with van der Waals surface area (Å²) in [5.74, 6) is 0.903. The molecule has 25 heavy (non-hydrogen) atoms. The predicted molar refractivity (Wildman–Crippen MR) is 109 cm³/mol. The number of benzene rings is 2. The Hall–Kier alpha value is -1.31. The molecule has 0 saturated heterocycles. The molecule has 3 atom stereocenters. The Kier molecular flexibility index (Phi) is 5.01. The molecule has 134 valence electrons. The van der Waals surface area contributed by atoms with E-state index in [2.05, 4.69) is 80.7 Å². The summed E-state index contributed by atoms with van der Waals surface area (Å²) in [5, 5.41) is 3.88. The minimum absolute atomic E-state index is 0. The van der Waals surface area contributed by atoms with Crippen LogP contribution in [0.5, 0.6) is 0 Å². The number of halogens is 1. The standard InChI is InChI=1S/C23H29N.ClH/c1-22(2)20-13-14-23(22,3)21(15-20)24-16-17-9-11-19(12-10-17)18-7-5-4-6-8-18;/h4-12,20-21,24H,13-16H2,1-3H3;1H/t20-,21+,23+;/m0./s1. The molecule has 0 amide bonds. The second kappa shape index (κ2) is 6.78. The quantitative estimate of drug-likeness (QED) is 0.700. The summed E-state index contributed by atoms with van der Waals surface area (Å²) < 4.78 is 0. The normalized spacial score (nSPS) is 29.4. The van der Waals surface area contributed by atoms with E-state index in [-0.39, 0.29) is 12.4 Å². The minimum atomic E-state index is 0. The molecule has 2 aliphatic carbocycles. The highest BCUT2D eigenvalue weighted by molar-refractivity contribution is 5.85. The molecule has 1 nitrogen and oxygen atoms in total. The zero-order chi connectivity index (χ0) is 16.8. The molecular formula is C23H30ClN. The maximum absolute atomic E-state index is 3.88. The van der Waals surface area contributed by atoms with E-state index in [1.165, 1.54) is 36.0 Å².